The molecule has 2 heterocycles. The lowest BCUT2D eigenvalue weighted by atomic mass is 9.94. The Morgan fingerprint density at radius 1 is 1.30 bits per heavy atom. The van der Waals surface area contributed by atoms with Gasteiger partial charge in [-0.2, -0.15) is 0 Å². The lowest BCUT2D eigenvalue weighted by Gasteiger charge is -2.31. The SMILES string of the molecule is CCCC1(C)C=Cc2c(ccc3c(C)cc(=O)oc23)O1. The van der Waals surface area contributed by atoms with Crippen LogP contribution in [0.15, 0.2) is 33.5 Å². The van der Waals surface area contributed by atoms with Gasteiger partial charge in [0.25, 0.3) is 0 Å². The summed E-state index contributed by atoms with van der Waals surface area (Å²) < 4.78 is 11.5. The predicted octanol–water partition coefficient (Wildman–Crippen LogP) is 4.07. The minimum atomic E-state index is -0.321. The topological polar surface area (TPSA) is 39.4 Å². The van der Waals surface area contributed by atoms with Crippen LogP contribution in [-0.2, 0) is 0 Å². The minimum absolute atomic E-state index is 0.278. The minimum Gasteiger partial charge on any atom is -0.483 e. The molecule has 1 aromatic heterocycles. The highest BCUT2D eigenvalue weighted by atomic mass is 16.5. The van der Waals surface area contributed by atoms with E-state index in [2.05, 4.69) is 19.9 Å². The van der Waals surface area contributed by atoms with Crippen molar-refractivity contribution in [3.63, 3.8) is 0 Å². The third kappa shape index (κ3) is 2.03. The van der Waals surface area contributed by atoms with E-state index in [1.165, 1.54) is 6.07 Å². The second-order valence-electron chi connectivity index (χ2n) is 5.60. The molecule has 104 valence electrons. The predicted molar refractivity (Wildman–Crippen MR) is 80.2 cm³/mol. The molecule has 0 amide bonds. The van der Waals surface area contributed by atoms with Gasteiger partial charge in [-0.05, 0) is 50.1 Å². The summed E-state index contributed by atoms with van der Waals surface area (Å²) in [6, 6.07) is 5.43. The van der Waals surface area contributed by atoms with Crippen LogP contribution in [-0.4, -0.2) is 5.60 Å². The van der Waals surface area contributed by atoms with E-state index in [9.17, 15) is 4.79 Å². The van der Waals surface area contributed by atoms with Crippen molar-refractivity contribution >= 4 is 17.0 Å². The summed E-state index contributed by atoms with van der Waals surface area (Å²) in [6.45, 7) is 6.13. The summed E-state index contributed by atoms with van der Waals surface area (Å²) in [6.07, 6.45) is 6.08. The Bertz CT molecular complexity index is 755. The first-order valence-corrected chi connectivity index (χ1v) is 6.98. The maximum absolute atomic E-state index is 11.6. The van der Waals surface area contributed by atoms with E-state index in [-0.39, 0.29) is 11.2 Å². The van der Waals surface area contributed by atoms with Crippen LogP contribution in [0.25, 0.3) is 17.0 Å². The van der Waals surface area contributed by atoms with Gasteiger partial charge in [0, 0.05) is 11.5 Å². The number of hydrogen-bond donors (Lipinski definition) is 0. The van der Waals surface area contributed by atoms with Crippen LogP contribution >= 0.6 is 0 Å². The van der Waals surface area contributed by atoms with E-state index < -0.39 is 0 Å². The van der Waals surface area contributed by atoms with Crippen LogP contribution in [0.1, 0.15) is 37.8 Å². The molecule has 0 spiro atoms. The fourth-order valence-electron chi connectivity index (χ4n) is 2.81. The fraction of sp³-hybridized carbons (Fsp3) is 0.353. The van der Waals surface area contributed by atoms with Gasteiger partial charge < -0.3 is 9.15 Å². The van der Waals surface area contributed by atoms with Crippen molar-refractivity contribution in [2.24, 2.45) is 0 Å². The van der Waals surface area contributed by atoms with Crippen molar-refractivity contribution in [3.05, 3.63) is 45.8 Å². The number of benzene rings is 1. The fourth-order valence-corrected chi connectivity index (χ4v) is 2.81. The van der Waals surface area contributed by atoms with E-state index in [4.69, 9.17) is 9.15 Å². The molecule has 0 bridgehead atoms. The Morgan fingerprint density at radius 3 is 2.85 bits per heavy atom. The van der Waals surface area contributed by atoms with Gasteiger partial charge in [0.15, 0.2) is 0 Å². The van der Waals surface area contributed by atoms with Gasteiger partial charge in [-0.25, -0.2) is 4.79 Å². The Morgan fingerprint density at radius 2 is 2.10 bits per heavy atom. The average molecular weight is 270 g/mol. The second kappa shape index (κ2) is 4.51. The van der Waals surface area contributed by atoms with E-state index in [0.717, 1.165) is 35.1 Å². The quantitative estimate of drug-likeness (QED) is 0.772. The van der Waals surface area contributed by atoms with E-state index >= 15 is 0 Å². The van der Waals surface area contributed by atoms with Gasteiger partial charge in [-0.15, -0.1) is 0 Å². The van der Waals surface area contributed by atoms with Crippen LogP contribution < -0.4 is 10.4 Å². The third-order valence-corrected chi connectivity index (χ3v) is 3.81. The van der Waals surface area contributed by atoms with Crippen molar-refractivity contribution in [2.75, 3.05) is 0 Å². The molecular weight excluding hydrogens is 252 g/mol. The number of ether oxygens (including phenoxy) is 1. The lowest BCUT2D eigenvalue weighted by Crippen LogP contribution is -2.31. The van der Waals surface area contributed by atoms with Gasteiger partial charge in [-0.1, -0.05) is 13.3 Å². The molecule has 2 aromatic rings. The number of aryl methyl sites for hydroxylation is 1. The molecule has 0 N–H and O–H groups in total. The standard InChI is InChI=1S/C17H18O3/c1-4-8-17(3)9-7-13-14(20-17)6-5-12-11(2)10-15(18)19-16(12)13/h5-7,9-10H,4,8H2,1-3H3. The second-order valence-corrected chi connectivity index (χ2v) is 5.60. The molecule has 3 nitrogen and oxygen atoms in total. The van der Waals surface area contributed by atoms with Gasteiger partial charge in [0.2, 0.25) is 0 Å². The number of hydrogen-bond acceptors (Lipinski definition) is 3. The summed E-state index contributed by atoms with van der Waals surface area (Å²) in [4.78, 5) is 11.6. The average Bonchev–Trinajstić information content (AvgIpc) is 2.37. The molecule has 3 heteroatoms. The number of rotatable bonds is 2. The molecule has 0 fully saturated rings. The highest BCUT2D eigenvalue weighted by molar-refractivity contribution is 5.91. The maximum Gasteiger partial charge on any atom is 0.336 e. The smallest absolute Gasteiger partial charge is 0.336 e. The van der Waals surface area contributed by atoms with Crippen LogP contribution in [0.2, 0.25) is 0 Å². The molecule has 0 radical (unpaired) electrons. The van der Waals surface area contributed by atoms with Crippen molar-refractivity contribution in [3.8, 4) is 5.75 Å². The van der Waals surface area contributed by atoms with Crippen molar-refractivity contribution < 1.29 is 9.15 Å². The van der Waals surface area contributed by atoms with Gasteiger partial charge in [-0.3, -0.25) is 0 Å². The van der Waals surface area contributed by atoms with Crippen molar-refractivity contribution in [2.45, 2.75) is 39.2 Å². The third-order valence-electron chi connectivity index (χ3n) is 3.81. The summed E-state index contributed by atoms with van der Waals surface area (Å²) in [5.74, 6) is 0.782. The summed E-state index contributed by atoms with van der Waals surface area (Å²) in [5.41, 5.74) is 1.80. The van der Waals surface area contributed by atoms with E-state index in [0.29, 0.717) is 5.58 Å². The van der Waals surface area contributed by atoms with E-state index in [1.807, 2.05) is 25.1 Å². The van der Waals surface area contributed by atoms with Crippen molar-refractivity contribution in [1.29, 1.82) is 0 Å². The summed E-state index contributed by atoms with van der Waals surface area (Å²) >= 11 is 0. The van der Waals surface area contributed by atoms with Gasteiger partial charge in [0.1, 0.15) is 16.9 Å². The monoisotopic (exact) mass is 270 g/mol. The molecule has 0 saturated heterocycles. The van der Waals surface area contributed by atoms with Crippen LogP contribution in [0.4, 0.5) is 0 Å². The molecule has 1 aliphatic heterocycles. The van der Waals surface area contributed by atoms with Gasteiger partial charge in [0.05, 0.1) is 5.56 Å². The van der Waals surface area contributed by atoms with Crippen LogP contribution in [0.5, 0.6) is 5.75 Å². The molecule has 0 aliphatic carbocycles. The Labute approximate surface area is 117 Å². The molecule has 1 atom stereocenters. The molecule has 1 aliphatic rings. The maximum atomic E-state index is 11.6. The molecule has 3 rings (SSSR count). The molecule has 1 aromatic carbocycles. The van der Waals surface area contributed by atoms with Gasteiger partial charge >= 0.3 is 5.63 Å². The molecule has 20 heavy (non-hydrogen) atoms. The first kappa shape index (κ1) is 13.0. The summed E-state index contributed by atoms with van der Waals surface area (Å²) in [5, 5.41) is 0.954. The number of fused-ring (bicyclic) bond motifs is 3. The lowest BCUT2D eigenvalue weighted by molar-refractivity contribution is 0.127. The zero-order valence-corrected chi connectivity index (χ0v) is 12.0. The molecule has 1 unspecified atom stereocenters. The first-order valence-electron chi connectivity index (χ1n) is 6.98. The van der Waals surface area contributed by atoms with Crippen LogP contribution in [0.3, 0.4) is 0 Å². The first-order chi connectivity index (χ1) is 9.52. The Balaban J connectivity index is 2.21. The zero-order valence-electron chi connectivity index (χ0n) is 12.0. The van der Waals surface area contributed by atoms with Crippen LogP contribution in [0, 0.1) is 6.92 Å². The zero-order chi connectivity index (χ0) is 14.3. The van der Waals surface area contributed by atoms with E-state index in [1.54, 1.807) is 0 Å². The Hall–Kier alpha value is -2.03. The Kier molecular flexibility index (Phi) is 2.93. The highest BCUT2D eigenvalue weighted by Gasteiger charge is 2.27. The largest absolute Gasteiger partial charge is 0.483 e. The molecular formula is C17H18O3. The van der Waals surface area contributed by atoms with Crippen molar-refractivity contribution in [1.82, 2.24) is 0 Å². The molecule has 0 saturated carbocycles. The normalized spacial score (nSPS) is 20.8. The summed E-state index contributed by atoms with van der Waals surface area (Å²) in [7, 11) is 0. The highest BCUT2D eigenvalue weighted by Crippen LogP contribution is 2.37.